The molecule has 0 fully saturated rings. The van der Waals surface area contributed by atoms with Crippen molar-refractivity contribution in [3.8, 4) is 6.07 Å². The van der Waals surface area contributed by atoms with Gasteiger partial charge >= 0.3 is 0 Å². The second-order valence-electron chi connectivity index (χ2n) is 3.43. The van der Waals surface area contributed by atoms with Crippen LogP contribution in [0.25, 0.3) is 0 Å². The van der Waals surface area contributed by atoms with E-state index in [2.05, 4.69) is 0 Å². The molecule has 1 nitrogen and oxygen atoms in total. The van der Waals surface area contributed by atoms with Crippen molar-refractivity contribution in [3.05, 3.63) is 59.4 Å². The summed E-state index contributed by atoms with van der Waals surface area (Å²) in [7, 11) is 0. The maximum atomic E-state index is 13.6. The number of hydrogen-bond donors (Lipinski definition) is 0. The molecule has 0 spiro atoms. The zero-order valence-electron chi connectivity index (χ0n) is 8.95. The van der Waals surface area contributed by atoms with Crippen molar-refractivity contribution in [3.63, 3.8) is 0 Å². The smallest absolute Gasteiger partial charge is 0.159 e. The number of nitrogens with zero attached hydrogens (tertiary/aromatic N) is 1. The van der Waals surface area contributed by atoms with Crippen molar-refractivity contribution in [2.75, 3.05) is 0 Å². The Hall–Kier alpha value is -1.93. The standard InChI is InChI=1S/C13H6F3NS/c14-10-3-2-9(6-11(10)15)18-13-4-1-8(7-17)5-12(13)16/h1-6H. The van der Waals surface area contributed by atoms with E-state index in [-0.39, 0.29) is 10.5 Å². The Bertz CT molecular complexity index is 635. The molecule has 2 rings (SSSR count). The first-order valence-corrected chi connectivity index (χ1v) is 5.74. The molecule has 0 bridgehead atoms. The molecule has 0 saturated heterocycles. The summed E-state index contributed by atoms with van der Waals surface area (Å²) in [5.41, 5.74) is 0.210. The Labute approximate surface area is 106 Å². The number of halogens is 3. The molecular weight excluding hydrogens is 259 g/mol. The lowest BCUT2D eigenvalue weighted by Gasteiger charge is -2.04. The van der Waals surface area contributed by atoms with Gasteiger partial charge in [0.05, 0.1) is 11.6 Å². The molecule has 0 saturated carbocycles. The molecule has 0 aliphatic heterocycles. The first-order valence-electron chi connectivity index (χ1n) is 4.92. The van der Waals surface area contributed by atoms with E-state index >= 15 is 0 Å². The van der Waals surface area contributed by atoms with Crippen molar-refractivity contribution < 1.29 is 13.2 Å². The van der Waals surface area contributed by atoms with Gasteiger partial charge in [0.2, 0.25) is 0 Å². The molecule has 0 aliphatic rings. The van der Waals surface area contributed by atoms with Crippen molar-refractivity contribution in [1.29, 1.82) is 5.26 Å². The van der Waals surface area contributed by atoms with Gasteiger partial charge in [0.25, 0.3) is 0 Å². The van der Waals surface area contributed by atoms with Crippen LogP contribution in [0.5, 0.6) is 0 Å². The van der Waals surface area contributed by atoms with Crippen LogP contribution in [0.15, 0.2) is 46.2 Å². The zero-order chi connectivity index (χ0) is 13.1. The summed E-state index contributed by atoms with van der Waals surface area (Å²) in [6, 6.07) is 9.15. The van der Waals surface area contributed by atoms with Gasteiger partial charge in [0.1, 0.15) is 5.82 Å². The molecule has 18 heavy (non-hydrogen) atoms. The van der Waals surface area contributed by atoms with Gasteiger partial charge in [-0.15, -0.1) is 0 Å². The number of hydrogen-bond acceptors (Lipinski definition) is 2. The lowest BCUT2D eigenvalue weighted by Crippen LogP contribution is -1.86. The molecule has 0 radical (unpaired) electrons. The maximum absolute atomic E-state index is 13.6. The predicted octanol–water partition coefficient (Wildman–Crippen LogP) is 4.13. The Kier molecular flexibility index (Phi) is 3.58. The minimum Gasteiger partial charge on any atom is -0.206 e. The van der Waals surface area contributed by atoms with Crippen molar-refractivity contribution in [1.82, 2.24) is 0 Å². The second-order valence-corrected chi connectivity index (χ2v) is 4.55. The van der Waals surface area contributed by atoms with E-state index in [1.165, 1.54) is 18.2 Å². The third-order valence-corrected chi connectivity index (χ3v) is 3.22. The molecule has 0 heterocycles. The molecule has 0 aliphatic carbocycles. The predicted molar refractivity (Wildman–Crippen MR) is 61.6 cm³/mol. The van der Waals surface area contributed by atoms with Crippen LogP contribution in [0, 0.1) is 28.8 Å². The zero-order valence-corrected chi connectivity index (χ0v) is 9.77. The molecular formula is C13H6F3NS. The van der Waals surface area contributed by atoms with E-state index in [0.29, 0.717) is 4.90 Å². The molecule has 0 atom stereocenters. The molecule has 2 aromatic carbocycles. The largest absolute Gasteiger partial charge is 0.206 e. The normalized spacial score (nSPS) is 10.1. The van der Waals surface area contributed by atoms with Crippen molar-refractivity contribution >= 4 is 11.8 Å². The van der Waals surface area contributed by atoms with Crippen LogP contribution >= 0.6 is 11.8 Å². The van der Waals surface area contributed by atoms with E-state index in [1.54, 1.807) is 0 Å². The fourth-order valence-electron chi connectivity index (χ4n) is 1.32. The molecule has 90 valence electrons. The van der Waals surface area contributed by atoms with E-state index in [9.17, 15) is 13.2 Å². The van der Waals surface area contributed by atoms with Gasteiger partial charge in [0, 0.05) is 9.79 Å². The van der Waals surface area contributed by atoms with Crippen LogP contribution in [-0.4, -0.2) is 0 Å². The first kappa shape index (κ1) is 12.5. The molecule has 0 N–H and O–H groups in total. The molecule has 5 heteroatoms. The van der Waals surface area contributed by atoms with Crippen LogP contribution in [0.2, 0.25) is 0 Å². The Morgan fingerprint density at radius 2 is 1.67 bits per heavy atom. The summed E-state index contributed by atoms with van der Waals surface area (Å²) in [5, 5.41) is 8.59. The molecule has 0 amide bonds. The van der Waals surface area contributed by atoms with Crippen LogP contribution in [0.3, 0.4) is 0 Å². The third kappa shape index (κ3) is 2.66. The van der Waals surface area contributed by atoms with Gasteiger partial charge in [0.15, 0.2) is 11.6 Å². The highest BCUT2D eigenvalue weighted by molar-refractivity contribution is 7.99. The Morgan fingerprint density at radius 3 is 2.28 bits per heavy atom. The quantitative estimate of drug-likeness (QED) is 0.815. The Balaban J connectivity index is 2.29. The number of nitriles is 1. The Morgan fingerprint density at radius 1 is 0.889 bits per heavy atom. The maximum Gasteiger partial charge on any atom is 0.159 e. The van der Waals surface area contributed by atoms with Gasteiger partial charge in [-0.25, -0.2) is 13.2 Å². The lowest BCUT2D eigenvalue weighted by molar-refractivity contribution is 0.506. The van der Waals surface area contributed by atoms with Crippen LogP contribution < -0.4 is 0 Å². The fourth-order valence-corrected chi connectivity index (χ4v) is 2.17. The van der Waals surface area contributed by atoms with Crippen molar-refractivity contribution in [2.45, 2.75) is 9.79 Å². The highest BCUT2D eigenvalue weighted by Crippen LogP contribution is 2.30. The lowest BCUT2D eigenvalue weighted by atomic mass is 10.2. The van der Waals surface area contributed by atoms with Crippen LogP contribution in [-0.2, 0) is 0 Å². The van der Waals surface area contributed by atoms with Gasteiger partial charge < -0.3 is 0 Å². The third-order valence-electron chi connectivity index (χ3n) is 2.18. The summed E-state index contributed by atoms with van der Waals surface area (Å²) in [6.45, 7) is 0. The fraction of sp³-hybridized carbons (Fsp3) is 0. The summed E-state index contributed by atoms with van der Waals surface area (Å²) < 4.78 is 39.3. The van der Waals surface area contributed by atoms with Crippen LogP contribution in [0.4, 0.5) is 13.2 Å². The highest BCUT2D eigenvalue weighted by Gasteiger charge is 2.08. The van der Waals surface area contributed by atoms with E-state index in [4.69, 9.17) is 5.26 Å². The van der Waals surface area contributed by atoms with Gasteiger partial charge in [-0.05, 0) is 36.4 Å². The number of benzene rings is 2. The van der Waals surface area contributed by atoms with Gasteiger partial charge in [-0.1, -0.05) is 11.8 Å². The van der Waals surface area contributed by atoms with Gasteiger partial charge in [-0.3, -0.25) is 0 Å². The minimum absolute atomic E-state index is 0.210. The van der Waals surface area contributed by atoms with E-state index in [0.717, 1.165) is 30.0 Å². The van der Waals surface area contributed by atoms with Crippen molar-refractivity contribution in [2.24, 2.45) is 0 Å². The average Bonchev–Trinajstić information content (AvgIpc) is 2.36. The summed E-state index contributed by atoms with van der Waals surface area (Å²) in [6.07, 6.45) is 0. The summed E-state index contributed by atoms with van der Waals surface area (Å²) >= 11 is 0.965. The summed E-state index contributed by atoms with van der Waals surface area (Å²) in [4.78, 5) is 0.637. The number of rotatable bonds is 2. The minimum atomic E-state index is -0.978. The summed E-state index contributed by atoms with van der Waals surface area (Å²) in [5.74, 6) is -2.49. The average molecular weight is 265 g/mol. The van der Waals surface area contributed by atoms with Crippen LogP contribution in [0.1, 0.15) is 5.56 Å². The van der Waals surface area contributed by atoms with Gasteiger partial charge in [-0.2, -0.15) is 5.26 Å². The SMILES string of the molecule is N#Cc1ccc(Sc2ccc(F)c(F)c2)c(F)c1. The highest BCUT2D eigenvalue weighted by atomic mass is 32.2. The molecule has 0 unspecified atom stereocenters. The monoisotopic (exact) mass is 265 g/mol. The molecule has 0 aromatic heterocycles. The second kappa shape index (κ2) is 5.15. The molecule has 2 aromatic rings. The topological polar surface area (TPSA) is 23.8 Å². The van der Waals surface area contributed by atoms with E-state index < -0.39 is 17.5 Å². The first-order chi connectivity index (χ1) is 8.60. The van der Waals surface area contributed by atoms with E-state index in [1.807, 2.05) is 6.07 Å².